The minimum Gasteiger partial charge on any atom is -0.379 e. The molecule has 1 amide bonds. The molecule has 0 aliphatic rings. The van der Waals surface area contributed by atoms with Crippen LogP contribution in [0.15, 0.2) is 0 Å². The normalized spacial score (nSPS) is 14.2. The van der Waals surface area contributed by atoms with Gasteiger partial charge in [-0.3, -0.25) is 9.35 Å². The molecule has 0 aromatic carbocycles. The van der Waals surface area contributed by atoms with E-state index in [1.807, 2.05) is 0 Å². The van der Waals surface area contributed by atoms with Crippen molar-refractivity contribution in [2.45, 2.75) is 25.2 Å². The van der Waals surface area contributed by atoms with Crippen molar-refractivity contribution in [3.63, 3.8) is 0 Å². The first-order valence-electron chi connectivity index (χ1n) is 5.49. The fourth-order valence-electron chi connectivity index (χ4n) is 1.08. The van der Waals surface area contributed by atoms with Gasteiger partial charge in [-0.1, -0.05) is 0 Å². The standard InChI is InChI=1S/C9H17F2NO6S/c1-3-17-6-7(18-4-2)5-12-8(13)9(10,11)19(14,15)16/h7H,3-6H2,1-2H3,(H,12,13)(H,14,15,16). The molecule has 0 bridgehead atoms. The molecule has 10 heteroatoms. The van der Waals surface area contributed by atoms with Gasteiger partial charge >= 0.3 is 21.3 Å². The van der Waals surface area contributed by atoms with Gasteiger partial charge in [0.2, 0.25) is 0 Å². The van der Waals surface area contributed by atoms with Crippen molar-refractivity contribution in [2.75, 3.05) is 26.4 Å². The van der Waals surface area contributed by atoms with E-state index in [0.717, 1.165) is 0 Å². The van der Waals surface area contributed by atoms with E-state index in [1.165, 1.54) is 0 Å². The maximum atomic E-state index is 12.9. The summed E-state index contributed by atoms with van der Waals surface area (Å²) in [6.07, 6.45) is -0.689. The number of nitrogens with one attached hydrogen (secondary N) is 1. The first-order valence-corrected chi connectivity index (χ1v) is 6.93. The molecule has 0 aliphatic carbocycles. The molecule has 0 aromatic heterocycles. The van der Waals surface area contributed by atoms with Crippen LogP contribution in [0.1, 0.15) is 13.8 Å². The van der Waals surface area contributed by atoms with E-state index >= 15 is 0 Å². The first-order chi connectivity index (χ1) is 8.66. The molecule has 1 unspecified atom stereocenters. The smallest absolute Gasteiger partial charge is 0.379 e. The van der Waals surface area contributed by atoms with Crippen LogP contribution in [0, 0.1) is 0 Å². The van der Waals surface area contributed by atoms with Crippen molar-refractivity contribution in [2.24, 2.45) is 0 Å². The van der Waals surface area contributed by atoms with Crippen LogP contribution < -0.4 is 5.32 Å². The predicted molar refractivity (Wildman–Crippen MR) is 61.4 cm³/mol. The molecule has 0 saturated heterocycles. The van der Waals surface area contributed by atoms with Gasteiger partial charge in [0.15, 0.2) is 0 Å². The Balaban J connectivity index is 4.47. The number of carbonyl (C=O) groups excluding carboxylic acids is 1. The maximum Gasteiger partial charge on any atom is 0.446 e. The van der Waals surface area contributed by atoms with Gasteiger partial charge in [0.25, 0.3) is 0 Å². The van der Waals surface area contributed by atoms with Crippen LogP contribution in [-0.2, 0) is 24.4 Å². The summed E-state index contributed by atoms with van der Waals surface area (Å²) < 4.78 is 64.8. The highest BCUT2D eigenvalue weighted by Gasteiger charge is 2.52. The number of halogens is 2. The summed E-state index contributed by atoms with van der Waals surface area (Å²) in [6.45, 7) is 3.71. The van der Waals surface area contributed by atoms with Crippen LogP contribution >= 0.6 is 0 Å². The number of carbonyl (C=O) groups is 1. The van der Waals surface area contributed by atoms with Crippen LogP contribution in [0.4, 0.5) is 8.78 Å². The lowest BCUT2D eigenvalue weighted by atomic mass is 10.3. The Morgan fingerprint density at radius 2 is 1.95 bits per heavy atom. The van der Waals surface area contributed by atoms with E-state index in [4.69, 9.17) is 14.0 Å². The summed E-state index contributed by atoms with van der Waals surface area (Å²) >= 11 is 0. The summed E-state index contributed by atoms with van der Waals surface area (Å²) in [5.41, 5.74) is 0. The van der Waals surface area contributed by atoms with Crippen molar-refractivity contribution in [1.82, 2.24) is 5.32 Å². The highest BCUT2D eigenvalue weighted by atomic mass is 32.2. The van der Waals surface area contributed by atoms with Crippen molar-refractivity contribution in [1.29, 1.82) is 0 Å². The molecule has 19 heavy (non-hydrogen) atoms. The minimum atomic E-state index is -5.80. The Morgan fingerprint density at radius 1 is 1.37 bits per heavy atom. The summed E-state index contributed by atoms with van der Waals surface area (Å²) in [7, 11) is -5.80. The van der Waals surface area contributed by atoms with Gasteiger partial charge in [-0.15, -0.1) is 0 Å². The Kier molecular flexibility index (Phi) is 7.34. The molecule has 114 valence electrons. The SMILES string of the molecule is CCOCC(CNC(=O)C(F)(F)S(=O)(=O)O)OCC. The highest BCUT2D eigenvalue weighted by Crippen LogP contribution is 2.20. The number of rotatable bonds is 9. The Morgan fingerprint density at radius 3 is 2.37 bits per heavy atom. The Labute approximate surface area is 110 Å². The molecule has 0 rings (SSSR count). The van der Waals surface area contributed by atoms with E-state index < -0.39 is 27.4 Å². The van der Waals surface area contributed by atoms with Gasteiger partial charge in [0.1, 0.15) is 0 Å². The number of hydrogen-bond acceptors (Lipinski definition) is 5. The van der Waals surface area contributed by atoms with Crippen molar-refractivity contribution < 1.29 is 36.0 Å². The monoisotopic (exact) mass is 305 g/mol. The molecule has 0 aliphatic heterocycles. The van der Waals surface area contributed by atoms with Crippen molar-refractivity contribution >= 4 is 16.0 Å². The van der Waals surface area contributed by atoms with Crippen LogP contribution in [0.5, 0.6) is 0 Å². The zero-order chi connectivity index (χ0) is 15.1. The average Bonchev–Trinajstić information content (AvgIpc) is 2.30. The van der Waals surface area contributed by atoms with Crippen molar-refractivity contribution in [3.05, 3.63) is 0 Å². The molecule has 0 fully saturated rings. The number of hydrogen-bond donors (Lipinski definition) is 2. The third-order valence-corrected chi connectivity index (χ3v) is 2.82. The van der Waals surface area contributed by atoms with Crippen LogP contribution in [0.3, 0.4) is 0 Å². The second-order valence-corrected chi connectivity index (χ2v) is 4.90. The van der Waals surface area contributed by atoms with Crippen LogP contribution in [0.2, 0.25) is 0 Å². The van der Waals surface area contributed by atoms with Gasteiger partial charge in [0.05, 0.1) is 12.7 Å². The lowest BCUT2D eigenvalue weighted by Gasteiger charge is -2.19. The first kappa shape index (κ1) is 18.2. The van der Waals surface area contributed by atoms with E-state index in [-0.39, 0.29) is 19.8 Å². The lowest BCUT2D eigenvalue weighted by molar-refractivity contribution is -0.137. The fraction of sp³-hybridized carbons (Fsp3) is 0.889. The topological polar surface area (TPSA) is 102 Å². The molecule has 7 nitrogen and oxygen atoms in total. The highest BCUT2D eigenvalue weighted by molar-refractivity contribution is 7.87. The molecular weight excluding hydrogens is 288 g/mol. The van der Waals surface area contributed by atoms with E-state index in [2.05, 4.69) is 0 Å². The molecular formula is C9H17F2NO6S. The van der Waals surface area contributed by atoms with Gasteiger partial charge in [0, 0.05) is 19.8 Å². The molecule has 0 heterocycles. The van der Waals surface area contributed by atoms with Gasteiger partial charge in [-0.05, 0) is 13.8 Å². The largest absolute Gasteiger partial charge is 0.446 e. The van der Waals surface area contributed by atoms with Gasteiger partial charge in [-0.2, -0.15) is 17.2 Å². The maximum absolute atomic E-state index is 12.9. The average molecular weight is 305 g/mol. The Hall–Kier alpha value is -0.840. The number of amides is 1. The molecule has 0 radical (unpaired) electrons. The minimum absolute atomic E-state index is 0.0576. The Bertz CT molecular complexity index is 386. The van der Waals surface area contributed by atoms with Gasteiger partial charge in [-0.25, -0.2) is 0 Å². The van der Waals surface area contributed by atoms with E-state index in [9.17, 15) is 22.0 Å². The lowest BCUT2D eigenvalue weighted by Crippen LogP contribution is -2.48. The fourth-order valence-corrected chi connectivity index (χ4v) is 1.38. The summed E-state index contributed by atoms with van der Waals surface area (Å²) in [4.78, 5) is 11.0. The quantitative estimate of drug-likeness (QED) is 0.583. The molecule has 0 saturated carbocycles. The summed E-state index contributed by atoms with van der Waals surface area (Å²) in [5, 5.41) is -3.20. The third kappa shape index (κ3) is 5.76. The number of alkyl halides is 2. The second kappa shape index (κ2) is 7.68. The second-order valence-electron chi connectivity index (χ2n) is 3.44. The zero-order valence-electron chi connectivity index (χ0n) is 10.6. The number of ether oxygens (including phenoxy) is 2. The molecule has 1 atom stereocenters. The van der Waals surface area contributed by atoms with Crippen LogP contribution in [-0.4, -0.2) is 56.6 Å². The zero-order valence-corrected chi connectivity index (χ0v) is 11.4. The predicted octanol–water partition coefficient (Wildman–Crippen LogP) is 0.0248. The van der Waals surface area contributed by atoms with Crippen molar-refractivity contribution in [3.8, 4) is 0 Å². The molecule has 0 aromatic rings. The van der Waals surface area contributed by atoms with Gasteiger partial charge < -0.3 is 14.8 Å². The molecule has 2 N–H and O–H groups in total. The van der Waals surface area contributed by atoms with Crippen LogP contribution in [0.25, 0.3) is 0 Å². The third-order valence-electron chi connectivity index (χ3n) is 1.99. The van der Waals surface area contributed by atoms with E-state index in [1.54, 1.807) is 19.2 Å². The summed E-state index contributed by atoms with van der Waals surface area (Å²) in [5.74, 6) is -2.11. The summed E-state index contributed by atoms with van der Waals surface area (Å²) in [6, 6.07) is 0. The van der Waals surface area contributed by atoms with E-state index in [0.29, 0.717) is 6.61 Å². The molecule has 0 spiro atoms.